The molecule has 1 amide bonds. The second-order valence-electron chi connectivity index (χ2n) is 7.46. The number of rotatable bonds is 8. The van der Waals surface area contributed by atoms with Gasteiger partial charge in [-0.25, -0.2) is 9.79 Å². The van der Waals surface area contributed by atoms with Gasteiger partial charge in [0, 0.05) is 18.0 Å². The number of allylic oxidation sites excluding steroid dienone is 1. The molecule has 0 aliphatic carbocycles. The number of methoxy groups -OCH3 is 1. The number of carbonyl (C=O) groups excluding carboxylic acids is 2. The molecular weight excluding hydrogens is 454 g/mol. The first-order valence-corrected chi connectivity index (χ1v) is 11.6. The highest BCUT2D eigenvalue weighted by Crippen LogP contribution is 2.41. The minimum atomic E-state index is -0.382. The number of fused-ring (bicyclic) bond motifs is 1. The van der Waals surface area contributed by atoms with Crippen LogP contribution in [0.4, 0.5) is 5.69 Å². The summed E-state index contributed by atoms with van der Waals surface area (Å²) in [4.78, 5) is 31.5. The van der Waals surface area contributed by atoms with Crippen molar-refractivity contribution < 1.29 is 23.8 Å². The lowest BCUT2D eigenvalue weighted by Gasteiger charge is -2.33. The van der Waals surface area contributed by atoms with Crippen LogP contribution in [0.15, 0.2) is 76.4 Å². The van der Waals surface area contributed by atoms with Crippen LogP contribution in [-0.4, -0.2) is 42.3 Å². The SMILES string of the molecule is CCOC(=O)C1=C(C)N=C2SC=CN2[C@H]1c1ccc(OCC(=O)Nc2cccc(OC)c2)cc1. The van der Waals surface area contributed by atoms with Crippen molar-refractivity contribution >= 4 is 34.5 Å². The van der Waals surface area contributed by atoms with E-state index in [1.807, 2.05) is 35.6 Å². The number of anilines is 1. The van der Waals surface area contributed by atoms with E-state index in [2.05, 4.69) is 10.3 Å². The Morgan fingerprint density at radius 2 is 1.94 bits per heavy atom. The molecule has 0 unspecified atom stereocenters. The number of ether oxygens (including phenoxy) is 3. The number of thioether (sulfide) groups is 1. The summed E-state index contributed by atoms with van der Waals surface area (Å²) in [5.74, 6) is 0.530. The fraction of sp³-hybridized carbons (Fsp3) is 0.240. The van der Waals surface area contributed by atoms with Crippen molar-refractivity contribution in [3.8, 4) is 11.5 Å². The molecule has 0 saturated carbocycles. The maximum atomic E-state index is 12.7. The highest BCUT2D eigenvalue weighted by molar-refractivity contribution is 8.16. The molecule has 0 spiro atoms. The molecule has 9 heteroatoms. The van der Waals surface area contributed by atoms with E-state index in [1.165, 1.54) is 11.8 Å². The summed E-state index contributed by atoms with van der Waals surface area (Å²) >= 11 is 1.51. The Morgan fingerprint density at radius 3 is 2.68 bits per heavy atom. The number of esters is 1. The molecule has 0 saturated heterocycles. The van der Waals surface area contributed by atoms with Gasteiger partial charge in [0.25, 0.3) is 5.91 Å². The summed E-state index contributed by atoms with van der Waals surface area (Å²) < 4.78 is 16.1. The van der Waals surface area contributed by atoms with Crippen LogP contribution >= 0.6 is 11.8 Å². The molecular formula is C25H25N3O5S. The van der Waals surface area contributed by atoms with E-state index >= 15 is 0 Å². The molecule has 0 aromatic heterocycles. The number of aliphatic imine (C=N–C) groups is 1. The Balaban J connectivity index is 1.45. The van der Waals surface area contributed by atoms with E-state index in [9.17, 15) is 9.59 Å². The molecule has 1 N–H and O–H groups in total. The summed E-state index contributed by atoms with van der Waals surface area (Å²) in [5.41, 5.74) is 2.66. The molecule has 2 aliphatic rings. The summed E-state index contributed by atoms with van der Waals surface area (Å²) in [5, 5.41) is 5.53. The maximum absolute atomic E-state index is 12.7. The van der Waals surface area contributed by atoms with Crippen LogP contribution in [0.3, 0.4) is 0 Å². The number of benzene rings is 2. The zero-order chi connectivity index (χ0) is 24.1. The smallest absolute Gasteiger partial charge is 0.338 e. The molecule has 0 radical (unpaired) electrons. The zero-order valence-corrected chi connectivity index (χ0v) is 19.9. The van der Waals surface area contributed by atoms with E-state index in [1.54, 1.807) is 50.4 Å². The molecule has 1 atom stereocenters. The fourth-order valence-corrected chi connectivity index (χ4v) is 4.48. The standard InChI is InChI=1S/C25H25N3O5S/c1-4-32-24(30)22-16(2)26-25-28(12-13-34-25)23(22)17-8-10-19(11-9-17)33-15-21(29)27-18-6-5-7-20(14-18)31-3/h5-14,23H,4,15H2,1-3H3,(H,27,29)/t23-/m0/s1. The number of hydrogen-bond donors (Lipinski definition) is 1. The van der Waals surface area contributed by atoms with Crippen LogP contribution in [0.2, 0.25) is 0 Å². The third-order valence-electron chi connectivity index (χ3n) is 5.24. The average Bonchev–Trinajstić information content (AvgIpc) is 3.30. The minimum absolute atomic E-state index is 0.143. The second kappa shape index (κ2) is 10.5. The van der Waals surface area contributed by atoms with Gasteiger partial charge in [-0.15, -0.1) is 0 Å². The highest BCUT2D eigenvalue weighted by Gasteiger charge is 2.37. The van der Waals surface area contributed by atoms with Gasteiger partial charge in [-0.3, -0.25) is 4.79 Å². The van der Waals surface area contributed by atoms with Gasteiger partial charge >= 0.3 is 5.97 Å². The van der Waals surface area contributed by atoms with Gasteiger partial charge in [0.05, 0.1) is 31.0 Å². The predicted molar refractivity (Wildman–Crippen MR) is 132 cm³/mol. The zero-order valence-electron chi connectivity index (χ0n) is 19.1. The van der Waals surface area contributed by atoms with E-state index < -0.39 is 0 Å². The first kappa shape index (κ1) is 23.4. The number of amides is 1. The van der Waals surface area contributed by atoms with Gasteiger partial charge in [-0.1, -0.05) is 30.0 Å². The van der Waals surface area contributed by atoms with Gasteiger partial charge in [0.15, 0.2) is 11.8 Å². The Bertz CT molecular complexity index is 1170. The maximum Gasteiger partial charge on any atom is 0.338 e. The average molecular weight is 480 g/mol. The Hall–Kier alpha value is -3.72. The third-order valence-corrected chi connectivity index (χ3v) is 6.01. The topological polar surface area (TPSA) is 89.5 Å². The van der Waals surface area contributed by atoms with Crippen molar-refractivity contribution in [3.63, 3.8) is 0 Å². The number of nitrogens with zero attached hydrogens (tertiary/aromatic N) is 2. The van der Waals surface area contributed by atoms with Crippen molar-refractivity contribution in [1.29, 1.82) is 0 Å². The van der Waals surface area contributed by atoms with Crippen molar-refractivity contribution in [1.82, 2.24) is 4.90 Å². The Labute approximate surface area is 202 Å². The van der Waals surface area contributed by atoms with Gasteiger partial charge in [-0.2, -0.15) is 0 Å². The van der Waals surface area contributed by atoms with Crippen LogP contribution in [-0.2, 0) is 14.3 Å². The Kier molecular flexibility index (Phi) is 7.22. The van der Waals surface area contributed by atoms with Crippen LogP contribution < -0.4 is 14.8 Å². The lowest BCUT2D eigenvalue weighted by atomic mass is 9.95. The van der Waals surface area contributed by atoms with Gasteiger partial charge in [-0.05, 0) is 49.1 Å². The van der Waals surface area contributed by atoms with Crippen LogP contribution in [0.5, 0.6) is 11.5 Å². The fourth-order valence-electron chi connectivity index (χ4n) is 3.69. The number of hydrogen-bond acceptors (Lipinski definition) is 8. The summed E-state index contributed by atoms with van der Waals surface area (Å²) in [7, 11) is 1.57. The normalized spacial score (nSPS) is 16.6. The molecule has 4 rings (SSSR count). The van der Waals surface area contributed by atoms with Crippen molar-refractivity contribution in [2.75, 3.05) is 25.6 Å². The van der Waals surface area contributed by atoms with Gasteiger partial charge < -0.3 is 24.4 Å². The molecule has 34 heavy (non-hydrogen) atoms. The molecule has 176 valence electrons. The monoisotopic (exact) mass is 479 g/mol. The molecule has 2 aliphatic heterocycles. The quantitative estimate of drug-likeness (QED) is 0.559. The summed E-state index contributed by atoms with van der Waals surface area (Å²) in [6, 6.07) is 14.1. The first-order chi connectivity index (χ1) is 16.5. The third kappa shape index (κ3) is 5.09. The van der Waals surface area contributed by atoms with E-state index in [4.69, 9.17) is 14.2 Å². The molecule has 0 fully saturated rings. The molecule has 8 nitrogen and oxygen atoms in total. The minimum Gasteiger partial charge on any atom is -0.497 e. The van der Waals surface area contributed by atoms with Gasteiger partial charge in [0.2, 0.25) is 0 Å². The Morgan fingerprint density at radius 1 is 1.15 bits per heavy atom. The van der Waals surface area contributed by atoms with Crippen molar-refractivity contribution in [2.45, 2.75) is 19.9 Å². The lowest BCUT2D eigenvalue weighted by Crippen LogP contribution is -2.34. The second-order valence-corrected chi connectivity index (χ2v) is 8.34. The first-order valence-electron chi connectivity index (χ1n) is 10.7. The highest BCUT2D eigenvalue weighted by atomic mass is 32.2. The summed E-state index contributed by atoms with van der Waals surface area (Å²) in [6.45, 7) is 3.74. The van der Waals surface area contributed by atoms with E-state index in [-0.39, 0.29) is 31.1 Å². The number of amidine groups is 1. The van der Waals surface area contributed by atoms with Crippen molar-refractivity contribution in [2.24, 2.45) is 4.99 Å². The largest absolute Gasteiger partial charge is 0.497 e. The van der Waals surface area contributed by atoms with Gasteiger partial charge in [0.1, 0.15) is 11.5 Å². The molecule has 2 aromatic rings. The molecule has 2 heterocycles. The lowest BCUT2D eigenvalue weighted by molar-refractivity contribution is -0.139. The van der Waals surface area contributed by atoms with Crippen LogP contribution in [0.1, 0.15) is 25.5 Å². The van der Waals surface area contributed by atoms with E-state index in [0.717, 1.165) is 10.7 Å². The van der Waals surface area contributed by atoms with E-state index in [0.29, 0.717) is 28.5 Å². The number of nitrogens with one attached hydrogen (secondary N) is 1. The number of carbonyl (C=O) groups is 2. The van der Waals surface area contributed by atoms with Crippen molar-refractivity contribution in [3.05, 3.63) is 77.0 Å². The molecule has 2 aromatic carbocycles. The van der Waals surface area contributed by atoms with Crippen LogP contribution in [0, 0.1) is 0 Å². The summed E-state index contributed by atoms with van der Waals surface area (Å²) in [6.07, 6.45) is 1.91. The predicted octanol–water partition coefficient (Wildman–Crippen LogP) is 4.48. The molecule has 0 bridgehead atoms. The van der Waals surface area contributed by atoms with Crippen LogP contribution in [0.25, 0.3) is 0 Å².